The number of carbonyl (C=O) groups excluding carboxylic acids is 2. The number of aryl methyl sites for hydroxylation is 1. The van der Waals surface area contributed by atoms with Crippen LogP contribution < -0.4 is 10.6 Å². The number of anilines is 1. The Morgan fingerprint density at radius 2 is 1.84 bits per heavy atom. The average molecular weight is 640 g/mol. The maximum Gasteiger partial charge on any atom is 0.270 e. The molecule has 0 bridgehead atoms. The van der Waals surface area contributed by atoms with Crippen LogP contribution in [0.15, 0.2) is 24.4 Å². The van der Waals surface area contributed by atoms with Gasteiger partial charge in [0.2, 0.25) is 11.9 Å². The largest absolute Gasteiger partial charge is 0.360 e. The number of carbonyl (C=O) groups is 2. The lowest BCUT2D eigenvalue weighted by Crippen LogP contribution is -2.49. The van der Waals surface area contributed by atoms with Crippen molar-refractivity contribution in [3.05, 3.63) is 47.4 Å². The lowest BCUT2D eigenvalue weighted by molar-refractivity contribution is -0.119. The van der Waals surface area contributed by atoms with Gasteiger partial charge in [0.25, 0.3) is 5.91 Å². The Labute approximate surface area is 267 Å². The molecule has 1 saturated carbocycles. The standard InChI is InChI=1S/C33H50FN7O3Si/c1-9-26-29(23(5)39-40(26)20-44-18-19-45(6,7)8)25-14-15-28(36-31(25)34)37-33(43)30(24-12-10-22(4)11-13-24)38-32(42)27-16-17-35-41(27)21(2)3/h14-17,21-22,24,30H,9-13,18-20H2,1-8H3,(H,38,42)(H,36,37,43)/t22?,24?,30-/m0/s1. The molecule has 0 saturated heterocycles. The van der Waals surface area contributed by atoms with Gasteiger partial charge >= 0.3 is 0 Å². The first kappa shape index (κ1) is 34.5. The van der Waals surface area contributed by atoms with E-state index in [4.69, 9.17) is 4.74 Å². The first-order valence-corrected chi connectivity index (χ1v) is 20.0. The second kappa shape index (κ2) is 14.8. The zero-order valence-electron chi connectivity index (χ0n) is 28.1. The molecular formula is C33H50FN7O3Si. The second-order valence-corrected chi connectivity index (χ2v) is 19.5. The number of pyridine rings is 1. The van der Waals surface area contributed by atoms with Crippen molar-refractivity contribution in [2.45, 2.75) is 111 Å². The van der Waals surface area contributed by atoms with E-state index in [0.29, 0.717) is 48.2 Å². The van der Waals surface area contributed by atoms with Crippen molar-refractivity contribution >= 4 is 25.7 Å². The van der Waals surface area contributed by atoms with E-state index in [2.05, 4.69) is 52.4 Å². The van der Waals surface area contributed by atoms with Crippen LogP contribution in [0, 0.1) is 24.7 Å². The molecule has 3 aromatic heterocycles. The van der Waals surface area contributed by atoms with Crippen LogP contribution in [0.5, 0.6) is 0 Å². The summed E-state index contributed by atoms with van der Waals surface area (Å²) in [6.45, 7) is 17.9. The van der Waals surface area contributed by atoms with Gasteiger partial charge in [-0.2, -0.15) is 14.6 Å². The van der Waals surface area contributed by atoms with Gasteiger partial charge in [-0.1, -0.05) is 46.3 Å². The minimum Gasteiger partial charge on any atom is -0.360 e. The number of hydrogen-bond acceptors (Lipinski definition) is 6. The molecule has 2 N–H and O–H groups in total. The molecule has 3 aromatic rings. The van der Waals surface area contributed by atoms with Crippen LogP contribution in [0.2, 0.25) is 25.7 Å². The summed E-state index contributed by atoms with van der Waals surface area (Å²) >= 11 is 0. The highest BCUT2D eigenvalue weighted by atomic mass is 28.3. The van der Waals surface area contributed by atoms with E-state index in [9.17, 15) is 9.59 Å². The minimum absolute atomic E-state index is 0.0132. The minimum atomic E-state index is -1.21. The molecule has 0 spiro atoms. The number of hydrogen-bond donors (Lipinski definition) is 2. The quantitative estimate of drug-likeness (QED) is 0.124. The van der Waals surface area contributed by atoms with Crippen LogP contribution in [0.25, 0.3) is 11.1 Å². The summed E-state index contributed by atoms with van der Waals surface area (Å²) in [5.41, 5.74) is 2.96. The predicted molar refractivity (Wildman–Crippen MR) is 177 cm³/mol. The second-order valence-electron chi connectivity index (χ2n) is 13.9. The summed E-state index contributed by atoms with van der Waals surface area (Å²) in [5, 5.41) is 14.7. The zero-order valence-corrected chi connectivity index (χ0v) is 29.1. The van der Waals surface area contributed by atoms with Crippen LogP contribution in [0.1, 0.15) is 81.3 Å². The number of nitrogens with one attached hydrogen (secondary N) is 2. The van der Waals surface area contributed by atoms with Crippen molar-refractivity contribution < 1.29 is 18.7 Å². The highest BCUT2D eigenvalue weighted by molar-refractivity contribution is 6.76. The number of rotatable bonds is 13. The van der Waals surface area contributed by atoms with Gasteiger partial charge in [0.05, 0.1) is 5.69 Å². The van der Waals surface area contributed by atoms with Crippen molar-refractivity contribution in [2.75, 3.05) is 11.9 Å². The molecule has 4 rings (SSSR count). The number of amides is 2. The Hall–Kier alpha value is -3.38. The molecule has 3 heterocycles. The molecule has 0 unspecified atom stereocenters. The Balaban J connectivity index is 1.52. The highest BCUT2D eigenvalue weighted by Crippen LogP contribution is 2.33. The van der Waals surface area contributed by atoms with Gasteiger partial charge in [0.15, 0.2) is 0 Å². The predicted octanol–water partition coefficient (Wildman–Crippen LogP) is 6.61. The van der Waals surface area contributed by atoms with E-state index in [1.165, 1.54) is 0 Å². The summed E-state index contributed by atoms with van der Waals surface area (Å²) in [5.74, 6) is -0.847. The Morgan fingerprint density at radius 1 is 1.13 bits per heavy atom. The Bertz CT molecular complexity index is 1470. The fourth-order valence-corrected chi connectivity index (χ4v) is 6.76. The van der Waals surface area contributed by atoms with Crippen LogP contribution in [0.3, 0.4) is 0 Å². The van der Waals surface area contributed by atoms with Crippen LogP contribution in [-0.4, -0.2) is 57.1 Å². The molecule has 0 aliphatic heterocycles. The molecule has 1 fully saturated rings. The maximum absolute atomic E-state index is 15.6. The number of halogens is 1. The van der Waals surface area contributed by atoms with Gasteiger partial charge < -0.3 is 15.4 Å². The molecular weight excluding hydrogens is 589 g/mol. The van der Waals surface area contributed by atoms with Crippen molar-refractivity contribution in [2.24, 2.45) is 11.8 Å². The fourth-order valence-electron chi connectivity index (χ4n) is 6.01. The Kier molecular flexibility index (Phi) is 11.3. The SMILES string of the molecule is CCc1c(-c2ccc(NC(=O)[C@@H](NC(=O)c3ccnn3C(C)C)C3CCC(C)CC3)nc2F)c(C)nn1COCC[Si](C)(C)C. The molecule has 12 heteroatoms. The molecule has 10 nitrogen and oxygen atoms in total. The van der Waals surface area contributed by atoms with Gasteiger partial charge in [-0.3, -0.25) is 14.3 Å². The highest BCUT2D eigenvalue weighted by Gasteiger charge is 2.34. The maximum atomic E-state index is 15.6. The van der Waals surface area contributed by atoms with Gasteiger partial charge in [0.1, 0.15) is 24.3 Å². The van der Waals surface area contributed by atoms with E-state index >= 15 is 4.39 Å². The van der Waals surface area contributed by atoms with Crippen molar-refractivity contribution in [1.82, 2.24) is 29.9 Å². The Morgan fingerprint density at radius 3 is 2.47 bits per heavy atom. The number of ether oxygens (including phenoxy) is 1. The molecule has 2 amide bonds. The van der Waals surface area contributed by atoms with E-state index in [0.717, 1.165) is 37.4 Å². The third-order valence-electron chi connectivity index (χ3n) is 8.64. The molecule has 1 atom stereocenters. The third-order valence-corrected chi connectivity index (χ3v) is 10.3. The average Bonchev–Trinajstić information content (AvgIpc) is 3.59. The van der Waals surface area contributed by atoms with E-state index in [-0.39, 0.29) is 23.7 Å². The summed E-state index contributed by atoms with van der Waals surface area (Å²) in [4.78, 5) is 31.2. The van der Waals surface area contributed by atoms with Gasteiger partial charge in [0, 0.05) is 43.7 Å². The van der Waals surface area contributed by atoms with Crippen molar-refractivity contribution in [1.29, 1.82) is 0 Å². The molecule has 45 heavy (non-hydrogen) atoms. The topological polar surface area (TPSA) is 116 Å². The van der Waals surface area contributed by atoms with Crippen molar-refractivity contribution in [3.63, 3.8) is 0 Å². The van der Waals surface area contributed by atoms with Crippen LogP contribution >= 0.6 is 0 Å². The number of nitrogens with zero attached hydrogens (tertiary/aromatic N) is 5. The first-order chi connectivity index (χ1) is 21.3. The molecule has 246 valence electrons. The van der Waals surface area contributed by atoms with E-state index < -0.39 is 26.0 Å². The molecule has 1 aliphatic carbocycles. The summed E-state index contributed by atoms with van der Waals surface area (Å²) in [6, 6.07) is 5.14. The lowest BCUT2D eigenvalue weighted by atomic mass is 9.79. The molecule has 1 aliphatic rings. The van der Waals surface area contributed by atoms with Gasteiger partial charge in [-0.15, -0.1) is 0 Å². The van der Waals surface area contributed by atoms with Crippen molar-refractivity contribution in [3.8, 4) is 11.1 Å². The molecule has 0 radical (unpaired) electrons. The van der Waals surface area contributed by atoms with Crippen LogP contribution in [-0.2, 0) is 22.7 Å². The van der Waals surface area contributed by atoms with Gasteiger partial charge in [-0.25, -0.2) is 9.67 Å². The monoisotopic (exact) mass is 639 g/mol. The summed E-state index contributed by atoms with van der Waals surface area (Å²) in [6.07, 6.45) is 5.81. The third kappa shape index (κ3) is 8.66. The van der Waals surface area contributed by atoms with E-state index in [1.54, 1.807) is 33.8 Å². The number of aromatic nitrogens is 5. The zero-order chi connectivity index (χ0) is 32.9. The van der Waals surface area contributed by atoms with Crippen LogP contribution in [0.4, 0.5) is 10.2 Å². The summed E-state index contributed by atoms with van der Waals surface area (Å²) < 4.78 is 25.0. The van der Waals surface area contributed by atoms with E-state index in [1.807, 2.05) is 27.7 Å². The fraction of sp³-hybridized carbons (Fsp3) is 0.606. The molecule has 0 aromatic carbocycles. The van der Waals surface area contributed by atoms with Gasteiger partial charge in [-0.05, 0) is 76.1 Å². The lowest BCUT2D eigenvalue weighted by Gasteiger charge is -2.32. The summed E-state index contributed by atoms with van der Waals surface area (Å²) in [7, 11) is -1.21. The normalized spacial score (nSPS) is 17.8. The first-order valence-electron chi connectivity index (χ1n) is 16.2. The smallest absolute Gasteiger partial charge is 0.270 e.